The molecule has 138 valence electrons. The van der Waals surface area contributed by atoms with Crippen LogP contribution < -0.4 is 9.47 Å². The van der Waals surface area contributed by atoms with Crippen LogP contribution in [-0.2, 0) is 0 Å². The second-order valence-electron chi connectivity index (χ2n) is 5.81. The molecule has 2 aromatic heterocycles. The van der Waals surface area contributed by atoms with Crippen molar-refractivity contribution in [1.82, 2.24) is 15.0 Å². The van der Waals surface area contributed by atoms with Gasteiger partial charge in [-0.15, -0.1) is 0 Å². The van der Waals surface area contributed by atoms with Crippen molar-refractivity contribution in [2.24, 2.45) is 0 Å². The van der Waals surface area contributed by atoms with Crippen molar-refractivity contribution >= 4 is 16.6 Å². The average Bonchev–Trinajstić information content (AvgIpc) is 2.74. The molecule has 0 spiro atoms. The molecule has 0 unspecified atom stereocenters. The predicted molar refractivity (Wildman–Crippen MR) is 102 cm³/mol. The van der Waals surface area contributed by atoms with E-state index in [-0.39, 0.29) is 17.3 Å². The summed E-state index contributed by atoms with van der Waals surface area (Å²) in [6.45, 7) is 0. The molecule has 0 aliphatic carbocycles. The van der Waals surface area contributed by atoms with Gasteiger partial charge in [0, 0.05) is 24.0 Å². The lowest BCUT2D eigenvalue weighted by atomic mass is 10.2. The van der Waals surface area contributed by atoms with Crippen molar-refractivity contribution in [1.29, 1.82) is 0 Å². The fraction of sp³-hybridized carbons (Fsp3) is 0.0500. The number of fused-ring (bicyclic) bond motifs is 1. The molecule has 4 rings (SSSR count). The second-order valence-corrected chi connectivity index (χ2v) is 5.81. The molecule has 0 saturated carbocycles. The van der Waals surface area contributed by atoms with Gasteiger partial charge in [0.2, 0.25) is 5.88 Å². The van der Waals surface area contributed by atoms with Gasteiger partial charge in [-0.1, -0.05) is 12.1 Å². The zero-order valence-electron chi connectivity index (χ0n) is 14.8. The molecule has 8 heteroatoms. The van der Waals surface area contributed by atoms with E-state index in [4.69, 9.17) is 9.47 Å². The predicted octanol–water partition coefficient (Wildman–Crippen LogP) is 4.40. The smallest absolute Gasteiger partial charge is 0.273 e. The third-order valence-corrected chi connectivity index (χ3v) is 4.05. The van der Waals surface area contributed by atoms with Crippen molar-refractivity contribution in [3.63, 3.8) is 0 Å². The summed E-state index contributed by atoms with van der Waals surface area (Å²) in [6.07, 6.45) is 3.32. The zero-order valence-corrected chi connectivity index (χ0v) is 14.8. The first-order chi connectivity index (χ1) is 13.7. The van der Waals surface area contributed by atoms with Crippen LogP contribution in [0.5, 0.6) is 17.4 Å². The molecular weight excluding hydrogens is 360 g/mol. The molecule has 0 radical (unpaired) electrons. The molecule has 8 nitrogen and oxygen atoms in total. The van der Waals surface area contributed by atoms with Crippen LogP contribution in [0.15, 0.2) is 67.0 Å². The van der Waals surface area contributed by atoms with Gasteiger partial charge in [-0.3, -0.25) is 15.1 Å². The van der Waals surface area contributed by atoms with E-state index in [0.29, 0.717) is 22.5 Å². The highest BCUT2D eigenvalue weighted by Crippen LogP contribution is 2.37. The van der Waals surface area contributed by atoms with E-state index in [2.05, 4.69) is 15.0 Å². The van der Waals surface area contributed by atoms with Gasteiger partial charge in [-0.2, -0.15) is 4.98 Å². The Morgan fingerprint density at radius 2 is 1.86 bits per heavy atom. The first-order valence-electron chi connectivity index (χ1n) is 8.33. The summed E-state index contributed by atoms with van der Waals surface area (Å²) in [7, 11) is 1.47. The third kappa shape index (κ3) is 3.30. The SMILES string of the molecule is COc1ccc([N+](=O)[O-])cc1Oc1nc(-c2cccnc2)nc2ccccc12. The maximum Gasteiger partial charge on any atom is 0.273 e. The molecule has 0 atom stereocenters. The van der Waals surface area contributed by atoms with E-state index in [1.165, 1.54) is 25.3 Å². The van der Waals surface area contributed by atoms with E-state index >= 15 is 0 Å². The van der Waals surface area contributed by atoms with Crippen LogP contribution in [0.2, 0.25) is 0 Å². The average molecular weight is 374 g/mol. The molecule has 0 saturated heterocycles. The zero-order chi connectivity index (χ0) is 19.5. The monoisotopic (exact) mass is 374 g/mol. The summed E-state index contributed by atoms with van der Waals surface area (Å²) in [5, 5.41) is 11.8. The standard InChI is InChI=1S/C20H14N4O4/c1-27-17-9-8-14(24(25)26)11-18(17)28-20-15-6-2-3-7-16(15)22-19(23-20)13-5-4-10-21-12-13/h2-12H,1H3. The van der Waals surface area contributed by atoms with E-state index in [1.807, 2.05) is 30.3 Å². The minimum absolute atomic E-state index is 0.110. The summed E-state index contributed by atoms with van der Waals surface area (Å²) < 4.78 is 11.2. The van der Waals surface area contributed by atoms with E-state index in [1.54, 1.807) is 18.5 Å². The Hall–Kier alpha value is -4.07. The summed E-state index contributed by atoms with van der Waals surface area (Å²) in [6, 6.07) is 15.1. The van der Waals surface area contributed by atoms with Crippen molar-refractivity contribution < 1.29 is 14.4 Å². The Kier molecular flexibility index (Phi) is 4.51. The molecule has 0 bridgehead atoms. The number of ether oxygens (including phenoxy) is 2. The quantitative estimate of drug-likeness (QED) is 0.377. The number of pyridine rings is 1. The molecule has 0 aliphatic heterocycles. The molecule has 0 fully saturated rings. The van der Waals surface area contributed by atoms with Crippen molar-refractivity contribution in [3.05, 3.63) is 77.1 Å². The molecule has 0 aliphatic rings. The number of hydrogen-bond acceptors (Lipinski definition) is 7. The summed E-state index contributed by atoms with van der Waals surface area (Å²) in [5.41, 5.74) is 1.29. The van der Waals surface area contributed by atoms with Crippen LogP contribution in [-0.4, -0.2) is 27.0 Å². The molecule has 0 amide bonds. The van der Waals surface area contributed by atoms with Gasteiger partial charge in [0.25, 0.3) is 5.69 Å². The lowest BCUT2D eigenvalue weighted by molar-refractivity contribution is -0.384. The highest BCUT2D eigenvalue weighted by atomic mass is 16.6. The first kappa shape index (κ1) is 17.3. The normalized spacial score (nSPS) is 10.6. The Bertz CT molecular complexity index is 1170. The lowest BCUT2D eigenvalue weighted by Gasteiger charge is -2.12. The Morgan fingerprint density at radius 1 is 1.00 bits per heavy atom. The maximum absolute atomic E-state index is 11.1. The van der Waals surface area contributed by atoms with Crippen LogP contribution in [0, 0.1) is 10.1 Å². The Morgan fingerprint density at radius 3 is 2.61 bits per heavy atom. The van der Waals surface area contributed by atoms with Crippen LogP contribution in [0.3, 0.4) is 0 Å². The van der Waals surface area contributed by atoms with Crippen LogP contribution in [0.1, 0.15) is 0 Å². The van der Waals surface area contributed by atoms with E-state index in [9.17, 15) is 10.1 Å². The number of non-ortho nitro benzene ring substituents is 1. The number of nitrogens with zero attached hydrogens (tertiary/aromatic N) is 4. The Labute approximate surface area is 159 Å². The first-order valence-corrected chi connectivity index (χ1v) is 8.33. The molecule has 2 aromatic carbocycles. The fourth-order valence-electron chi connectivity index (χ4n) is 2.71. The number of hydrogen-bond donors (Lipinski definition) is 0. The van der Waals surface area contributed by atoms with Gasteiger partial charge < -0.3 is 9.47 Å². The minimum Gasteiger partial charge on any atom is -0.493 e. The summed E-state index contributed by atoms with van der Waals surface area (Å²) in [4.78, 5) is 23.8. The molecule has 4 aromatic rings. The second kappa shape index (κ2) is 7.28. The number of methoxy groups -OCH3 is 1. The van der Waals surface area contributed by atoms with Gasteiger partial charge in [-0.25, -0.2) is 4.98 Å². The number of aromatic nitrogens is 3. The van der Waals surface area contributed by atoms with Crippen molar-refractivity contribution in [3.8, 4) is 28.8 Å². The van der Waals surface area contributed by atoms with Crippen LogP contribution in [0.4, 0.5) is 5.69 Å². The summed E-state index contributed by atoms with van der Waals surface area (Å²) >= 11 is 0. The van der Waals surface area contributed by atoms with Gasteiger partial charge in [-0.05, 0) is 30.3 Å². The lowest BCUT2D eigenvalue weighted by Crippen LogP contribution is -1.98. The van der Waals surface area contributed by atoms with Crippen molar-refractivity contribution in [2.45, 2.75) is 0 Å². The number of nitro benzene ring substituents is 1. The largest absolute Gasteiger partial charge is 0.493 e. The highest BCUT2D eigenvalue weighted by molar-refractivity contribution is 5.85. The number of benzene rings is 2. The Balaban J connectivity index is 1.87. The highest BCUT2D eigenvalue weighted by Gasteiger charge is 2.17. The topological polar surface area (TPSA) is 100 Å². The van der Waals surface area contributed by atoms with Gasteiger partial charge in [0.15, 0.2) is 17.3 Å². The molecular formula is C20H14N4O4. The van der Waals surface area contributed by atoms with Crippen LogP contribution in [0.25, 0.3) is 22.3 Å². The van der Waals surface area contributed by atoms with Gasteiger partial charge in [0.05, 0.1) is 29.0 Å². The number of nitro groups is 1. The summed E-state index contributed by atoms with van der Waals surface area (Å²) in [5.74, 6) is 1.25. The van der Waals surface area contributed by atoms with Crippen molar-refractivity contribution in [2.75, 3.05) is 7.11 Å². The van der Waals surface area contributed by atoms with E-state index in [0.717, 1.165) is 5.56 Å². The van der Waals surface area contributed by atoms with E-state index < -0.39 is 4.92 Å². The molecule has 28 heavy (non-hydrogen) atoms. The van der Waals surface area contributed by atoms with Crippen LogP contribution >= 0.6 is 0 Å². The molecule has 0 N–H and O–H groups in total. The number of para-hydroxylation sites is 1. The molecule has 2 heterocycles. The maximum atomic E-state index is 11.1. The fourth-order valence-corrected chi connectivity index (χ4v) is 2.71. The number of rotatable bonds is 5. The third-order valence-electron chi connectivity index (χ3n) is 4.05. The van der Waals surface area contributed by atoms with Gasteiger partial charge in [0.1, 0.15) is 0 Å². The van der Waals surface area contributed by atoms with Gasteiger partial charge >= 0.3 is 0 Å². The minimum atomic E-state index is -0.495.